The van der Waals surface area contributed by atoms with Crippen molar-refractivity contribution in [2.75, 3.05) is 13.1 Å². The summed E-state index contributed by atoms with van der Waals surface area (Å²) in [6.45, 7) is 13.4. The van der Waals surface area contributed by atoms with Crippen molar-refractivity contribution >= 4 is 12.1 Å². The first kappa shape index (κ1) is 24.8. The molecule has 6 N–H and O–H groups in total. The number of hydrogen-bond acceptors (Lipinski definition) is 2. The molecule has 144 valence electrons. The first-order valence-corrected chi connectivity index (χ1v) is 8.90. The van der Waals surface area contributed by atoms with Crippen molar-refractivity contribution in [2.24, 2.45) is 22.3 Å². The van der Waals surface area contributed by atoms with Crippen LogP contribution in [0.3, 0.4) is 0 Å². The Morgan fingerprint density at radius 3 is 0.958 bits per heavy atom. The zero-order valence-corrected chi connectivity index (χ0v) is 16.6. The van der Waals surface area contributed by atoms with E-state index in [4.69, 9.17) is 11.5 Å². The molecular weight excluding hydrogens is 304 g/mol. The van der Waals surface area contributed by atoms with E-state index >= 15 is 0 Å². The fraction of sp³-hybridized carbons (Fsp3) is 0.889. The summed E-state index contributed by atoms with van der Waals surface area (Å²) < 4.78 is 0. The van der Waals surface area contributed by atoms with Crippen molar-refractivity contribution in [1.29, 1.82) is 0 Å². The van der Waals surface area contributed by atoms with Crippen molar-refractivity contribution in [1.82, 2.24) is 10.6 Å². The molecular formula is C18H40N4O2. The van der Waals surface area contributed by atoms with Crippen molar-refractivity contribution < 1.29 is 9.59 Å². The zero-order valence-electron chi connectivity index (χ0n) is 16.6. The highest BCUT2D eigenvalue weighted by Crippen LogP contribution is 2.15. The summed E-state index contributed by atoms with van der Waals surface area (Å²) in [6, 6.07) is -0.908. The van der Waals surface area contributed by atoms with Crippen LogP contribution < -0.4 is 22.1 Å². The van der Waals surface area contributed by atoms with E-state index in [1.807, 2.05) is 41.5 Å². The maximum absolute atomic E-state index is 10.2. The van der Waals surface area contributed by atoms with E-state index in [-0.39, 0.29) is 10.8 Å². The fourth-order valence-corrected chi connectivity index (χ4v) is 1.77. The Hall–Kier alpha value is -1.46. The summed E-state index contributed by atoms with van der Waals surface area (Å²) in [5, 5.41) is 5.05. The summed E-state index contributed by atoms with van der Waals surface area (Å²) in [5.41, 5.74) is 9.94. The minimum Gasteiger partial charge on any atom is -0.352 e. The van der Waals surface area contributed by atoms with E-state index in [1.165, 1.54) is 38.5 Å². The second-order valence-corrected chi connectivity index (χ2v) is 8.68. The number of nitrogens with two attached hydrogens (primary N) is 2. The predicted molar refractivity (Wildman–Crippen MR) is 102 cm³/mol. The highest BCUT2D eigenvalue weighted by atomic mass is 16.2. The number of amides is 4. The van der Waals surface area contributed by atoms with Gasteiger partial charge in [-0.05, 0) is 10.8 Å². The quantitative estimate of drug-likeness (QED) is 0.612. The Labute approximate surface area is 148 Å². The van der Waals surface area contributed by atoms with Crippen LogP contribution in [0.15, 0.2) is 0 Å². The van der Waals surface area contributed by atoms with Gasteiger partial charge in [0, 0.05) is 13.1 Å². The molecule has 0 heterocycles. The van der Waals surface area contributed by atoms with Crippen LogP contribution in [-0.4, -0.2) is 25.2 Å². The SMILES string of the molecule is C1CCCCC1.CC(C)(C)CNC(N)=O.CC(C)(C)CNC(N)=O. The van der Waals surface area contributed by atoms with E-state index in [2.05, 4.69) is 10.6 Å². The van der Waals surface area contributed by atoms with Gasteiger partial charge in [-0.3, -0.25) is 0 Å². The van der Waals surface area contributed by atoms with Crippen LogP contribution in [0.2, 0.25) is 0 Å². The zero-order chi connectivity index (χ0) is 19.2. The minimum absolute atomic E-state index is 0.120. The Morgan fingerprint density at radius 2 is 0.875 bits per heavy atom. The molecule has 6 nitrogen and oxygen atoms in total. The standard InChI is InChI=1S/2C6H14N2O.C6H12/c2*1-6(2,3)4-8-5(7)9;1-2-4-6-5-3-1/h2*4H2,1-3H3,(H3,7,8,9);1-6H2. The number of carbonyl (C=O) groups is 2. The molecule has 0 atom stereocenters. The van der Waals surface area contributed by atoms with Gasteiger partial charge < -0.3 is 22.1 Å². The maximum Gasteiger partial charge on any atom is 0.312 e. The topological polar surface area (TPSA) is 110 Å². The molecule has 0 aliphatic heterocycles. The summed E-state index contributed by atoms with van der Waals surface area (Å²) >= 11 is 0. The molecule has 0 bridgehead atoms. The van der Waals surface area contributed by atoms with Crippen molar-refractivity contribution in [2.45, 2.75) is 80.1 Å². The second-order valence-electron chi connectivity index (χ2n) is 8.68. The molecule has 6 heteroatoms. The molecule has 0 radical (unpaired) electrons. The lowest BCUT2D eigenvalue weighted by atomic mass is 9.97. The van der Waals surface area contributed by atoms with Crippen LogP contribution in [-0.2, 0) is 0 Å². The highest BCUT2D eigenvalue weighted by Gasteiger charge is 2.10. The number of nitrogens with one attached hydrogen (secondary N) is 2. The van der Waals surface area contributed by atoms with Crippen LogP contribution in [0.5, 0.6) is 0 Å². The van der Waals surface area contributed by atoms with Gasteiger partial charge in [0.1, 0.15) is 0 Å². The van der Waals surface area contributed by atoms with Gasteiger partial charge >= 0.3 is 12.1 Å². The minimum atomic E-state index is -0.454. The normalized spacial score (nSPS) is 14.2. The Balaban J connectivity index is 0. The third kappa shape index (κ3) is 28.7. The molecule has 1 aliphatic carbocycles. The van der Waals surface area contributed by atoms with Gasteiger partial charge in [0.05, 0.1) is 0 Å². The average molecular weight is 345 g/mol. The van der Waals surface area contributed by atoms with Gasteiger partial charge in [-0.15, -0.1) is 0 Å². The molecule has 1 aliphatic rings. The molecule has 24 heavy (non-hydrogen) atoms. The number of urea groups is 2. The molecule has 0 saturated heterocycles. The number of hydrogen-bond donors (Lipinski definition) is 4. The van der Waals surface area contributed by atoms with Crippen molar-refractivity contribution in [3.63, 3.8) is 0 Å². The lowest BCUT2D eigenvalue weighted by Crippen LogP contribution is -2.35. The van der Waals surface area contributed by atoms with Crippen LogP contribution >= 0.6 is 0 Å². The van der Waals surface area contributed by atoms with E-state index < -0.39 is 12.1 Å². The lowest BCUT2D eigenvalue weighted by molar-refractivity contribution is 0.243. The molecule has 1 saturated carbocycles. The van der Waals surface area contributed by atoms with Gasteiger partial charge in [-0.2, -0.15) is 0 Å². The van der Waals surface area contributed by atoms with Gasteiger partial charge in [-0.25, -0.2) is 9.59 Å². The third-order valence-corrected chi connectivity index (χ3v) is 3.09. The number of rotatable bonds is 2. The molecule has 4 amide bonds. The Kier molecular flexibility index (Phi) is 13.3. The molecule has 0 spiro atoms. The molecule has 0 aromatic carbocycles. The highest BCUT2D eigenvalue weighted by molar-refractivity contribution is 5.71. The summed E-state index contributed by atoms with van der Waals surface area (Å²) in [5.74, 6) is 0. The number of carbonyl (C=O) groups excluding carboxylic acids is 2. The van der Waals surface area contributed by atoms with Gasteiger partial charge in [0.25, 0.3) is 0 Å². The lowest BCUT2D eigenvalue weighted by Gasteiger charge is -2.17. The smallest absolute Gasteiger partial charge is 0.312 e. The van der Waals surface area contributed by atoms with Crippen molar-refractivity contribution in [3.8, 4) is 0 Å². The third-order valence-electron chi connectivity index (χ3n) is 3.09. The first-order valence-electron chi connectivity index (χ1n) is 8.90. The Morgan fingerprint density at radius 1 is 0.667 bits per heavy atom. The summed E-state index contributed by atoms with van der Waals surface area (Å²) in [6.07, 6.45) is 9.00. The molecule has 0 aromatic heterocycles. The van der Waals surface area contributed by atoms with Crippen LogP contribution in [0.4, 0.5) is 9.59 Å². The van der Waals surface area contributed by atoms with Gasteiger partial charge in [0.15, 0.2) is 0 Å². The van der Waals surface area contributed by atoms with Gasteiger partial charge in [-0.1, -0.05) is 80.1 Å². The number of primary amides is 2. The summed E-state index contributed by atoms with van der Waals surface area (Å²) in [4.78, 5) is 20.3. The summed E-state index contributed by atoms with van der Waals surface area (Å²) in [7, 11) is 0. The second kappa shape index (κ2) is 12.9. The molecule has 1 fully saturated rings. The van der Waals surface area contributed by atoms with Crippen LogP contribution in [0, 0.1) is 10.8 Å². The van der Waals surface area contributed by atoms with Crippen LogP contribution in [0.25, 0.3) is 0 Å². The van der Waals surface area contributed by atoms with E-state index in [0.717, 1.165) is 0 Å². The predicted octanol–water partition coefficient (Wildman–Crippen LogP) is 3.74. The van der Waals surface area contributed by atoms with Gasteiger partial charge in [0.2, 0.25) is 0 Å². The average Bonchev–Trinajstić information content (AvgIpc) is 2.45. The van der Waals surface area contributed by atoms with E-state index in [0.29, 0.717) is 13.1 Å². The molecule has 1 rings (SSSR count). The Bertz CT molecular complexity index is 300. The van der Waals surface area contributed by atoms with E-state index in [9.17, 15) is 9.59 Å². The van der Waals surface area contributed by atoms with E-state index in [1.54, 1.807) is 0 Å². The largest absolute Gasteiger partial charge is 0.352 e. The first-order chi connectivity index (χ1) is 10.8. The van der Waals surface area contributed by atoms with Crippen molar-refractivity contribution in [3.05, 3.63) is 0 Å². The molecule has 0 aromatic rings. The molecule has 0 unspecified atom stereocenters. The maximum atomic E-state index is 10.2. The van der Waals surface area contributed by atoms with Crippen LogP contribution in [0.1, 0.15) is 80.1 Å². The monoisotopic (exact) mass is 344 g/mol. The fourth-order valence-electron chi connectivity index (χ4n) is 1.77.